The molecule has 0 saturated heterocycles. The monoisotopic (exact) mass is 528 g/mol. The molecule has 4 rings (SSSR count). The number of Topliss-reactive ketones (excluding diaryl/α,β-unsaturated/α-hetero) is 1. The summed E-state index contributed by atoms with van der Waals surface area (Å²) in [5, 5.41) is 0. The Morgan fingerprint density at radius 1 is 1.07 bits per heavy atom. The molecule has 0 aromatic heterocycles. The number of carbonyl (C=O) groups is 3. The molecule has 3 fully saturated rings. The Bertz CT molecular complexity index is 790. The van der Waals surface area contributed by atoms with Crippen molar-refractivity contribution in [2.45, 2.75) is 81.5 Å². The van der Waals surface area contributed by atoms with E-state index >= 15 is 0 Å². The summed E-state index contributed by atoms with van der Waals surface area (Å²) in [5.41, 5.74) is 0.0343. The first-order valence-electron chi connectivity index (χ1n) is 10.8. The van der Waals surface area contributed by atoms with Crippen LogP contribution >= 0.6 is 31.9 Å². The van der Waals surface area contributed by atoms with Crippen LogP contribution in [0.5, 0.6) is 0 Å². The molecule has 4 aliphatic carbocycles. The number of esters is 1. The fourth-order valence-electron chi connectivity index (χ4n) is 7.60. The molecule has 0 aromatic rings. The fraction of sp³-hybridized carbons (Fsp3) is 0.783. The zero-order valence-corrected chi connectivity index (χ0v) is 20.6. The molecule has 0 radical (unpaired) electrons. The molecule has 0 amide bonds. The van der Waals surface area contributed by atoms with Gasteiger partial charge in [0.25, 0.3) is 0 Å². The van der Waals surface area contributed by atoms with E-state index in [4.69, 9.17) is 4.74 Å². The highest BCUT2D eigenvalue weighted by atomic mass is 79.9. The highest BCUT2D eigenvalue weighted by molar-refractivity contribution is 9.25. The predicted octanol–water partition coefficient (Wildman–Crippen LogP) is 5.51. The summed E-state index contributed by atoms with van der Waals surface area (Å²) in [7, 11) is 0. The lowest BCUT2D eigenvalue weighted by Crippen LogP contribution is -2.60. The number of allylic oxidation sites excluding steroid dienone is 1. The zero-order chi connectivity index (χ0) is 21.2. The van der Waals surface area contributed by atoms with E-state index in [1.54, 1.807) is 0 Å². The minimum absolute atomic E-state index is 0.0676. The van der Waals surface area contributed by atoms with Crippen molar-refractivity contribution in [3.63, 3.8) is 0 Å². The molecular weight excluding hydrogens is 500 g/mol. The minimum atomic E-state index is -1.06. The van der Waals surface area contributed by atoms with Gasteiger partial charge in [0, 0.05) is 18.8 Å². The highest BCUT2D eigenvalue weighted by Crippen LogP contribution is 2.68. The number of hydrogen-bond donors (Lipinski definition) is 0. The third-order valence-corrected chi connectivity index (χ3v) is 9.83. The van der Waals surface area contributed by atoms with Crippen molar-refractivity contribution < 1.29 is 19.1 Å². The molecule has 0 aliphatic heterocycles. The molecule has 0 aromatic carbocycles. The molecule has 4 aliphatic rings. The van der Waals surface area contributed by atoms with E-state index in [0.717, 1.165) is 38.5 Å². The van der Waals surface area contributed by atoms with Crippen LogP contribution in [-0.4, -0.2) is 26.9 Å². The number of rotatable bonds is 3. The minimum Gasteiger partial charge on any atom is -0.451 e. The normalized spacial score (nSPS) is 43.9. The lowest BCUT2D eigenvalue weighted by atomic mass is 9.46. The number of carbonyl (C=O) groups excluding carboxylic acids is 3. The number of alkyl halides is 2. The van der Waals surface area contributed by atoms with E-state index in [1.807, 2.05) is 6.08 Å². The smallest absolute Gasteiger partial charge is 0.303 e. The lowest BCUT2D eigenvalue weighted by molar-refractivity contribution is -0.187. The molecule has 0 spiro atoms. The van der Waals surface area contributed by atoms with Crippen LogP contribution in [0, 0.1) is 28.6 Å². The maximum absolute atomic E-state index is 13.3. The molecule has 0 heterocycles. The van der Waals surface area contributed by atoms with Gasteiger partial charge in [-0.2, -0.15) is 0 Å². The van der Waals surface area contributed by atoms with Gasteiger partial charge in [0.05, 0.1) is 0 Å². The van der Waals surface area contributed by atoms with Crippen LogP contribution in [0.15, 0.2) is 11.6 Å². The number of fused-ring (bicyclic) bond motifs is 5. The first-order valence-corrected chi connectivity index (χ1v) is 12.6. The van der Waals surface area contributed by atoms with Crippen LogP contribution in [-0.2, 0) is 19.1 Å². The Labute approximate surface area is 189 Å². The van der Waals surface area contributed by atoms with Crippen LogP contribution in [0.1, 0.15) is 72.1 Å². The Morgan fingerprint density at radius 2 is 1.76 bits per heavy atom. The predicted molar refractivity (Wildman–Crippen MR) is 118 cm³/mol. The van der Waals surface area contributed by atoms with Crippen molar-refractivity contribution in [3.8, 4) is 0 Å². The van der Waals surface area contributed by atoms with Crippen LogP contribution < -0.4 is 0 Å². The molecule has 6 heteroatoms. The molecular formula is C23H30Br2O4. The maximum Gasteiger partial charge on any atom is 0.303 e. The molecule has 29 heavy (non-hydrogen) atoms. The first kappa shape index (κ1) is 21.7. The number of halogens is 2. The van der Waals surface area contributed by atoms with Crippen molar-refractivity contribution >= 4 is 49.4 Å². The van der Waals surface area contributed by atoms with Gasteiger partial charge in [-0.15, -0.1) is 0 Å². The van der Waals surface area contributed by atoms with Gasteiger partial charge in [0.2, 0.25) is 5.78 Å². The van der Waals surface area contributed by atoms with E-state index in [-0.39, 0.29) is 28.4 Å². The summed E-state index contributed by atoms with van der Waals surface area (Å²) < 4.78 is 5.39. The van der Waals surface area contributed by atoms with E-state index in [1.165, 1.54) is 12.5 Å². The average Bonchev–Trinajstić information content (AvgIpc) is 2.94. The standard InChI is InChI=1S/C23H30Br2O4/c1-13(26)29-23(19(28)20(24)25)11-8-18-16-5-4-14-12-15(27)6-9-21(14,2)17(16)7-10-22(18,23)3/h12,16-18,20H,4-11H2,1-3H3/t16-,17+,18+,21+,22+,23+/m1/s1. The molecule has 3 saturated carbocycles. The van der Waals surface area contributed by atoms with Crippen molar-refractivity contribution in [1.82, 2.24) is 0 Å². The van der Waals surface area contributed by atoms with Crippen LogP contribution in [0.3, 0.4) is 0 Å². The highest BCUT2D eigenvalue weighted by Gasteiger charge is 2.69. The fourth-order valence-corrected chi connectivity index (χ4v) is 8.34. The Hall–Kier alpha value is -0.490. The van der Waals surface area contributed by atoms with E-state index < -0.39 is 9.34 Å². The van der Waals surface area contributed by atoms with Gasteiger partial charge in [-0.05, 0) is 74.2 Å². The van der Waals surface area contributed by atoms with Gasteiger partial charge in [-0.25, -0.2) is 0 Å². The molecule has 4 nitrogen and oxygen atoms in total. The van der Waals surface area contributed by atoms with Gasteiger partial charge in [-0.3, -0.25) is 14.4 Å². The van der Waals surface area contributed by atoms with Gasteiger partial charge < -0.3 is 4.74 Å². The van der Waals surface area contributed by atoms with Gasteiger partial charge in [0.15, 0.2) is 11.4 Å². The summed E-state index contributed by atoms with van der Waals surface area (Å²) in [6.07, 6.45) is 8.97. The summed E-state index contributed by atoms with van der Waals surface area (Å²) in [4.78, 5) is 37.4. The summed E-state index contributed by atoms with van der Waals surface area (Å²) in [6, 6.07) is 0. The topological polar surface area (TPSA) is 60.4 Å². The Kier molecular flexibility index (Phi) is 5.46. The molecule has 160 valence electrons. The SMILES string of the molecule is CC(=O)O[C@]1(C(=O)C(Br)Br)CC[C@H]2[C@@H]3CCC4=CC(=O)CC[C@]4(C)[C@H]3CC[C@@]21C. The van der Waals surface area contributed by atoms with Gasteiger partial charge >= 0.3 is 5.97 Å². The second-order valence-electron chi connectivity index (χ2n) is 10.0. The van der Waals surface area contributed by atoms with E-state index in [0.29, 0.717) is 30.6 Å². The van der Waals surface area contributed by atoms with Crippen molar-refractivity contribution in [2.75, 3.05) is 0 Å². The third kappa shape index (κ3) is 3.06. The van der Waals surface area contributed by atoms with Crippen LogP contribution in [0.4, 0.5) is 0 Å². The van der Waals surface area contributed by atoms with Crippen molar-refractivity contribution in [3.05, 3.63) is 11.6 Å². The third-order valence-electron chi connectivity index (χ3n) is 9.00. The van der Waals surface area contributed by atoms with E-state index in [2.05, 4.69) is 45.7 Å². The number of ketones is 2. The Balaban J connectivity index is 1.71. The molecule has 0 N–H and O–H groups in total. The largest absolute Gasteiger partial charge is 0.451 e. The number of hydrogen-bond acceptors (Lipinski definition) is 4. The van der Waals surface area contributed by atoms with Crippen LogP contribution in [0.2, 0.25) is 0 Å². The molecule has 0 unspecified atom stereocenters. The summed E-state index contributed by atoms with van der Waals surface area (Å²) in [5.74, 6) is 1.24. The number of ether oxygens (including phenoxy) is 1. The first-order chi connectivity index (χ1) is 13.5. The average molecular weight is 530 g/mol. The second-order valence-corrected chi connectivity index (χ2v) is 13.1. The van der Waals surface area contributed by atoms with Gasteiger partial charge in [0.1, 0.15) is 3.74 Å². The van der Waals surface area contributed by atoms with Crippen molar-refractivity contribution in [2.24, 2.45) is 28.6 Å². The van der Waals surface area contributed by atoms with Crippen LogP contribution in [0.25, 0.3) is 0 Å². The second kappa shape index (κ2) is 7.29. The summed E-state index contributed by atoms with van der Waals surface area (Å²) >= 11 is 6.76. The van der Waals surface area contributed by atoms with E-state index in [9.17, 15) is 14.4 Å². The zero-order valence-electron chi connectivity index (χ0n) is 17.4. The maximum atomic E-state index is 13.3. The van der Waals surface area contributed by atoms with Gasteiger partial charge in [-0.1, -0.05) is 51.3 Å². The summed E-state index contributed by atoms with van der Waals surface area (Å²) in [6.45, 7) is 5.95. The lowest BCUT2D eigenvalue weighted by Gasteiger charge is -2.59. The molecule has 6 atom stereocenters. The Morgan fingerprint density at radius 3 is 2.41 bits per heavy atom. The van der Waals surface area contributed by atoms with Crippen molar-refractivity contribution in [1.29, 1.82) is 0 Å². The molecule has 0 bridgehead atoms. The quantitative estimate of drug-likeness (QED) is 0.357.